The van der Waals surface area contributed by atoms with E-state index in [-0.39, 0.29) is 12.2 Å². The molecule has 2 amide bonds. The third-order valence-corrected chi connectivity index (χ3v) is 3.05. The van der Waals surface area contributed by atoms with E-state index < -0.39 is 17.9 Å². The van der Waals surface area contributed by atoms with Crippen LogP contribution >= 0.6 is 0 Å². The quantitative estimate of drug-likeness (QED) is 0.607. The van der Waals surface area contributed by atoms with Crippen molar-refractivity contribution in [2.75, 3.05) is 30.4 Å². The van der Waals surface area contributed by atoms with E-state index in [4.69, 9.17) is 21.9 Å². The minimum absolute atomic E-state index is 0.192. The predicted octanol–water partition coefficient (Wildman–Crippen LogP) is -0.942. The average molecular weight is 264 g/mol. The van der Waals surface area contributed by atoms with Gasteiger partial charge in [-0.25, -0.2) is 0 Å². The van der Waals surface area contributed by atoms with Crippen molar-refractivity contribution in [1.29, 1.82) is 0 Å². The van der Waals surface area contributed by atoms with Gasteiger partial charge >= 0.3 is 0 Å². The van der Waals surface area contributed by atoms with E-state index in [1.54, 1.807) is 17.0 Å². The number of nitrogens with two attached hydrogens (primary N) is 3. The van der Waals surface area contributed by atoms with Crippen LogP contribution in [0.1, 0.15) is 10.4 Å². The van der Waals surface area contributed by atoms with Crippen LogP contribution in [-0.2, 0) is 9.53 Å². The lowest BCUT2D eigenvalue weighted by Gasteiger charge is -2.36. The van der Waals surface area contributed by atoms with Crippen LogP contribution in [0.25, 0.3) is 0 Å². The molecule has 1 saturated heterocycles. The fourth-order valence-electron chi connectivity index (χ4n) is 2.13. The molecular weight excluding hydrogens is 248 g/mol. The van der Waals surface area contributed by atoms with Gasteiger partial charge in [-0.05, 0) is 18.2 Å². The second kappa shape index (κ2) is 5.15. The maximum Gasteiger partial charge on any atom is 0.250 e. The van der Waals surface area contributed by atoms with Crippen LogP contribution in [0, 0.1) is 0 Å². The first-order valence-electron chi connectivity index (χ1n) is 5.83. The Balaban J connectivity index is 2.44. The van der Waals surface area contributed by atoms with Crippen LogP contribution in [0.4, 0.5) is 11.4 Å². The fraction of sp³-hybridized carbons (Fsp3) is 0.333. The van der Waals surface area contributed by atoms with Crippen molar-refractivity contribution in [3.8, 4) is 0 Å². The summed E-state index contributed by atoms with van der Waals surface area (Å²) in [6.07, 6.45) is 0. The minimum atomic E-state index is -0.615. The molecule has 0 radical (unpaired) electrons. The van der Waals surface area contributed by atoms with Crippen molar-refractivity contribution in [1.82, 2.24) is 0 Å². The zero-order chi connectivity index (χ0) is 14.0. The highest BCUT2D eigenvalue weighted by molar-refractivity contribution is 6.00. The topological polar surface area (TPSA) is 125 Å². The molecule has 0 aromatic heterocycles. The molecule has 1 fully saturated rings. The zero-order valence-corrected chi connectivity index (χ0v) is 10.3. The summed E-state index contributed by atoms with van der Waals surface area (Å²) in [7, 11) is 0. The second-order valence-electron chi connectivity index (χ2n) is 4.33. The minimum Gasteiger partial charge on any atom is -0.399 e. The standard InChI is InChI=1S/C12H16N4O3/c13-7-1-2-9(8(5-7)11(14)17)16-3-4-19-6-10(16)12(15)18/h1-2,5,10H,3-4,6,13H2,(H2,14,17)(H2,15,18). The number of morpholine rings is 1. The van der Waals surface area contributed by atoms with Gasteiger partial charge in [0.05, 0.1) is 24.5 Å². The van der Waals surface area contributed by atoms with Crippen LogP contribution in [0.15, 0.2) is 18.2 Å². The molecule has 0 spiro atoms. The largest absolute Gasteiger partial charge is 0.399 e. The van der Waals surface area contributed by atoms with Gasteiger partial charge in [-0.3, -0.25) is 9.59 Å². The van der Waals surface area contributed by atoms with Crippen LogP contribution in [-0.4, -0.2) is 37.6 Å². The Hall–Kier alpha value is -2.28. The van der Waals surface area contributed by atoms with Crippen molar-refractivity contribution in [3.63, 3.8) is 0 Å². The van der Waals surface area contributed by atoms with E-state index in [0.717, 1.165) is 0 Å². The first-order chi connectivity index (χ1) is 9.00. The molecule has 1 aliphatic rings. The molecule has 6 N–H and O–H groups in total. The van der Waals surface area contributed by atoms with Gasteiger partial charge in [-0.15, -0.1) is 0 Å². The van der Waals surface area contributed by atoms with Crippen LogP contribution < -0.4 is 22.1 Å². The highest BCUT2D eigenvalue weighted by Crippen LogP contribution is 2.26. The van der Waals surface area contributed by atoms with E-state index in [0.29, 0.717) is 24.5 Å². The summed E-state index contributed by atoms with van der Waals surface area (Å²) in [5, 5.41) is 0. The molecule has 0 aliphatic carbocycles. The molecule has 102 valence electrons. The highest BCUT2D eigenvalue weighted by Gasteiger charge is 2.30. The summed E-state index contributed by atoms with van der Waals surface area (Å²) < 4.78 is 5.24. The molecule has 1 atom stereocenters. The number of anilines is 2. The third kappa shape index (κ3) is 2.60. The smallest absolute Gasteiger partial charge is 0.250 e. The van der Waals surface area contributed by atoms with Gasteiger partial charge in [-0.1, -0.05) is 0 Å². The number of amides is 2. The Kier molecular flexibility index (Phi) is 3.57. The van der Waals surface area contributed by atoms with Crippen molar-refractivity contribution < 1.29 is 14.3 Å². The maximum absolute atomic E-state index is 11.5. The summed E-state index contributed by atoms with van der Waals surface area (Å²) in [5.41, 5.74) is 17.6. The number of benzene rings is 1. The first kappa shape index (κ1) is 13.2. The van der Waals surface area contributed by atoms with Gasteiger partial charge in [-0.2, -0.15) is 0 Å². The third-order valence-electron chi connectivity index (χ3n) is 3.05. The second-order valence-corrected chi connectivity index (χ2v) is 4.33. The molecule has 0 saturated carbocycles. The molecule has 1 unspecified atom stereocenters. The van der Waals surface area contributed by atoms with Gasteiger partial charge in [0.15, 0.2) is 0 Å². The Labute approximate surface area is 110 Å². The molecule has 0 bridgehead atoms. The fourth-order valence-corrected chi connectivity index (χ4v) is 2.13. The number of carbonyl (C=O) groups is 2. The molecule has 7 heteroatoms. The lowest BCUT2D eigenvalue weighted by molar-refractivity contribution is -0.121. The van der Waals surface area contributed by atoms with E-state index in [9.17, 15) is 9.59 Å². The monoisotopic (exact) mass is 264 g/mol. The van der Waals surface area contributed by atoms with E-state index in [1.807, 2.05) is 0 Å². The van der Waals surface area contributed by atoms with Crippen molar-refractivity contribution in [2.24, 2.45) is 11.5 Å². The van der Waals surface area contributed by atoms with Gasteiger partial charge in [0, 0.05) is 12.2 Å². The average Bonchev–Trinajstić information content (AvgIpc) is 2.38. The molecule has 1 heterocycles. The molecule has 1 aliphatic heterocycles. The summed E-state index contributed by atoms with van der Waals surface area (Å²) in [4.78, 5) is 24.7. The van der Waals surface area contributed by atoms with Gasteiger partial charge in [0.1, 0.15) is 6.04 Å². The van der Waals surface area contributed by atoms with Crippen LogP contribution in [0.3, 0.4) is 0 Å². The Morgan fingerprint density at radius 3 is 2.68 bits per heavy atom. The number of nitrogen functional groups attached to an aromatic ring is 1. The maximum atomic E-state index is 11.5. The van der Waals surface area contributed by atoms with E-state index in [2.05, 4.69) is 0 Å². The first-order valence-corrected chi connectivity index (χ1v) is 5.83. The molecule has 1 aromatic carbocycles. The van der Waals surface area contributed by atoms with Gasteiger partial charge < -0.3 is 26.8 Å². The van der Waals surface area contributed by atoms with E-state index >= 15 is 0 Å². The zero-order valence-electron chi connectivity index (χ0n) is 10.3. The van der Waals surface area contributed by atoms with Gasteiger partial charge in [0.25, 0.3) is 5.91 Å². The number of primary amides is 2. The van der Waals surface area contributed by atoms with Crippen LogP contribution in [0.5, 0.6) is 0 Å². The summed E-state index contributed by atoms with van der Waals surface area (Å²) in [5.74, 6) is -1.11. The molecular formula is C12H16N4O3. The number of carbonyl (C=O) groups excluding carboxylic acids is 2. The molecule has 1 aromatic rings. The summed E-state index contributed by atoms with van der Waals surface area (Å²) in [6.45, 7) is 1.10. The number of nitrogens with zero attached hydrogens (tertiary/aromatic N) is 1. The van der Waals surface area contributed by atoms with Crippen LogP contribution in [0.2, 0.25) is 0 Å². The Morgan fingerprint density at radius 1 is 1.32 bits per heavy atom. The lowest BCUT2D eigenvalue weighted by atomic mass is 10.1. The number of hydrogen-bond donors (Lipinski definition) is 3. The molecule has 19 heavy (non-hydrogen) atoms. The molecule has 7 nitrogen and oxygen atoms in total. The Morgan fingerprint density at radius 2 is 2.05 bits per heavy atom. The van der Waals surface area contributed by atoms with Crippen molar-refractivity contribution in [2.45, 2.75) is 6.04 Å². The highest BCUT2D eigenvalue weighted by atomic mass is 16.5. The van der Waals surface area contributed by atoms with Crippen molar-refractivity contribution >= 4 is 23.2 Å². The van der Waals surface area contributed by atoms with Crippen molar-refractivity contribution in [3.05, 3.63) is 23.8 Å². The number of hydrogen-bond acceptors (Lipinski definition) is 5. The van der Waals surface area contributed by atoms with Gasteiger partial charge in [0.2, 0.25) is 5.91 Å². The normalized spacial score (nSPS) is 19.2. The number of rotatable bonds is 3. The molecule has 2 rings (SSSR count). The summed E-state index contributed by atoms with van der Waals surface area (Å²) >= 11 is 0. The SMILES string of the molecule is NC(=O)c1cc(N)ccc1N1CCOCC1C(N)=O. The number of ether oxygens (including phenoxy) is 1. The Bertz CT molecular complexity index is 518. The predicted molar refractivity (Wildman–Crippen MR) is 70.5 cm³/mol. The summed E-state index contributed by atoms with van der Waals surface area (Å²) in [6, 6.07) is 4.19. The lowest BCUT2D eigenvalue weighted by Crippen LogP contribution is -2.53. The van der Waals surface area contributed by atoms with E-state index in [1.165, 1.54) is 6.07 Å².